The highest BCUT2D eigenvalue weighted by Gasteiger charge is 2.29. The Balaban J connectivity index is 1.84. The smallest absolute Gasteiger partial charge is 0.256 e. The van der Waals surface area contributed by atoms with Crippen molar-refractivity contribution in [1.29, 1.82) is 0 Å². The fraction of sp³-hybridized carbons (Fsp3) is 0.278. The van der Waals surface area contributed by atoms with Crippen LogP contribution in [0.25, 0.3) is 11.6 Å². The lowest BCUT2D eigenvalue weighted by atomic mass is 9.98. The zero-order chi connectivity index (χ0) is 16.1. The van der Waals surface area contributed by atoms with Gasteiger partial charge in [-0.3, -0.25) is 4.79 Å². The van der Waals surface area contributed by atoms with Crippen molar-refractivity contribution in [2.75, 3.05) is 5.32 Å². The number of amides is 1. The Labute approximate surface area is 151 Å². The lowest BCUT2D eigenvalue weighted by Crippen LogP contribution is -2.03. The van der Waals surface area contributed by atoms with Crippen LogP contribution in [0.5, 0.6) is 0 Å². The van der Waals surface area contributed by atoms with E-state index in [1.807, 2.05) is 19.1 Å². The van der Waals surface area contributed by atoms with Crippen LogP contribution in [-0.2, 0) is 17.6 Å². The number of halogens is 2. The van der Waals surface area contributed by atoms with Crippen LogP contribution in [0.3, 0.4) is 0 Å². The second kappa shape index (κ2) is 5.64. The molecule has 2 heterocycles. The van der Waals surface area contributed by atoms with E-state index in [4.69, 9.17) is 4.42 Å². The summed E-state index contributed by atoms with van der Waals surface area (Å²) in [7, 11) is 0. The first kappa shape index (κ1) is 15.2. The summed E-state index contributed by atoms with van der Waals surface area (Å²) in [6, 6.07) is 4.04. The Morgan fingerprint density at radius 3 is 2.74 bits per heavy atom. The summed E-state index contributed by atoms with van der Waals surface area (Å²) in [6.07, 6.45) is 6.33. The van der Waals surface area contributed by atoms with Gasteiger partial charge in [0.1, 0.15) is 11.5 Å². The lowest BCUT2D eigenvalue weighted by molar-refractivity contribution is -0.110. The first-order valence-electron chi connectivity index (χ1n) is 7.68. The monoisotopic (exact) mass is 435 g/mol. The molecule has 1 aliphatic heterocycles. The van der Waals surface area contributed by atoms with Crippen LogP contribution in [0.4, 0.5) is 5.69 Å². The van der Waals surface area contributed by atoms with Crippen LogP contribution in [0.1, 0.15) is 41.1 Å². The predicted octanol–water partition coefficient (Wildman–Crippen LogP) is 5.48. The molecule has 0 unspecified atom stereocenters. The molecule has 0 spiro atoms. The number of hydrogen-bond acceptors (Lipinski definition) is 2. The van der Waals surface area contributed by atoms with E-state index in [1.54, 1.807) is 0 Å². The summed E-state index contributed by atoms with van der Waals surface area (Å²) < 4.78 is 7.80. The van der Waals surface area contributed by atoms with E-state index in [-0.39, 0.29) is 5.91 Å². The van der Waals surface area contributed by atoms with Gasteiger partial charge in [-0.05, 0) is 71.5 Å². The Morgan fingerprint density at radius 1 is 1.17 bits per heavy atom. The molecule has 2 aliphatic rings. The van der Waals surface area contributed by atoms with E-state index in [2.05, 4.69) is 43.2 Å². The zero-order valence-electron chi connectivity index (χ0n) is 12.6. The topological polar surface area (TPSA) is 42.2 Å². The zero-order valence-corrected chi connectivity index (χ0v) is 15.8. The Hall–Kier alpha value is -1.33. The second-order valence-electron chi connectivity index (χ2n) is 6.03. The van der Waals surface area contributed by atoms with Gasteiger partial charge in [-0.15, -0.1) is 0 Å². The number of fused-ring (bicyclic) bond motifs is 2. The molecular formula is C18H15Br2NO2. The van der Waals surface area contributed by atoms with E-state index in [1.165, 1.54) is 18.4 Å². The highest BCUT2D eigenvalue weighted by molar-refractivity contribution is 9.11. The van der Waals surface area contributed by atoms with Crippen molar-refractivity contribution >= 4 is 55.1 Å². The van der Waals surface area contributed by atoms with E-state index >= 15 is 0 Å². The molecule has 0 fully saturated rings. The number of furan rings is 1. The van der Waals surface area contributed by atoms with Gasteiger partial charge in [-0.25, -0.2) is 0 Å². The van der Waals surface area contributed by atoms with Crippen LogP contribution in [-0.4, -0.2) is 5.91 Å². The molecule has 0 bridgehead atoms. The number of carbonyl (C=O) groups is 1. The summed E-state index contributed by atoms with van der Waals surface area (Å²) in [5.74, 6) is 1.76. The number of carbonyl (C=O) groups excluding carboxylic acids is 1. The number of nitrogens with one attached hydrogen (secondary N) is 1. The molecule has 0 saturated carbocycles. The standard InChI is InChI=1S/C18H15Br2NO2/c1-9-13(19)8-14(20)17-16(9)12(18(22)21-17)7-11-6-10-4-2-3-5-15(10)23-11/h6-8H,2-5H2,1H3,(H,21,22). The first-order chi connectivity index (χ1) is 11.0. The first-order valence-corrected chi connectivity index (χ1v) is 9.27. The summed E-state index contributed by atoms with van der Waals surface area (Å²) in [5, 5.41) is 2.95. The average Bonchev–Trinajstić information content (AvgIpc) is 3.07. The fourth-order valence-electron chi connectivity index (χ4n) is 3.34. The third kappa shape index (κ3) is 2.50. The molecule has 4 rings (SSSR count). The van der Waals surface area contributed by atoms with Crippen molar-refractivity contribution in [3.63, 3.8) is 0 Å². The third-order valence-electron chi connectivity index (χ3n) is 4.53. The summed E-state index contributed by atoms with van der Waals surface area (Å²) in [6.45, 7) is 2.01. The molecule has 118 valence electrons. The number of rotatable bonds is 1. The summed E-state index contributed by atoms with van der Waals surface area (Å²) >= 11 is 7.08. The quantitative estimate of drug-likeness (QED) is 0.601. The van der Waals surface area contributed by atoms with E-state index in [0.29, 0.717) is 5.57 Å². The number of hydrogen-bond donors (Lipinski definition) is 1. The van der Waals surface area contributed by atoms with Crippen molar-refractivity contribution in [2.24, 2.45) is 0 Å². The number of benzene rings is 1. The lowest BCUT2D eigenvalue weighted by Gasteiger charge is -2.08. The predicted molar refractivity (Wildman–Crippen MR) is 98.4 cm³/mol. The van der Waals surface area contributed by atoms with Crippen LogP contribution < -0.4 is 5.32 Å². The van der Waals surface area contributed by atoms with Crippen molar-refractivity contribution in [3.8, 4) is 0 Å². The average molecular weight is 437 g/mol. The fourth-order valence-corrected chi connectivity index (χ4v) is 4.60. The largest absolute Gasteiger partial charge is 0.461 e. The maximum absolute atomic E-state index is 12.4. The summed E-state index contributed by atoms with van der Waals surface area (Å²) in [4.78, 5) is 12.4. The molecule has 3 nitrogen and oxygen atoms in total. The Morgan fingerprint density at radius 2 is 1.96 bits per heavy atom. The van der Waals surface area contributed by atoms with Gasteiger partial charge in [0, 0.05) is 20.9 Å². The minimum Gasteiger partial charge on any atom is -0.461 e. The van der Waals surface area contributed by atoms with Crippen LogP contribution >= 0.6 is 31.9 Å². The van der Waals surface area contributed by atoms with Crippen molar-refractivity contribution < 1.29 is 9.21 Å². The van der Waals surface area contributed by atoms with E-state index < -0.39 is 0 Å². The highest BCUT2D eigenvalue weighted by Crippen LogP contribution is 2.43. The maximum atomic E-state index is 12.4. The van der Waals surface area contributed by atoms with Crippen LogP contribution in [0, 0.1) is 6.92 Å². The maximum Gasteiger partial charge on any atom is 0.256 e. The van der Waals surface area contributed by atoms with E-state index in [0.717, 1.165) is 50.1 Å². The molecule has 1 aromatic heterocycles. The second-order valence-corrected chi connectivity index (χ2v) is 7.74. The molecule has 23 heavy (non-hydrogen) atoms. The van der Waals surface area contributed by atoms with Gasteiger partial charge in [0.2, 0.25) is 0 Å². The Bertz CT molecular complexity index is 841. The molecule has 2 aromatic rings. The molecule has 1 aliphatic carbocycles. The van der Waals surface area contributed by atoms with Crippen LogP contribution in [0.2, 0.25) is 0 Å². The van der Waals surface area contributed by atoms with Gasteiger partial charge in [-0.2, -0.15) is 0 Å². The van der Waals surface area contributed by atoms with Crippen LogP contribution in [0.15, 0.2) is 25.5 Å². The molecule has 5 heteroatoms. The molecule has 0 radical (unpaired) electrons. The molecule has 1 N–H and O–H groups in total. The molecule has 1 aromatic carbocycles. The number of aryl methyl sites for hydroxylation is 2. The van der Waals surface area contributed by atoms with E-state index in [9.17, 15) is 4.79 Å². The van der Waals surface area contributed by atoms with Crippen molar-refractivity contribution in [1.82, 2.24) is 0 Å². The Kier molecular flexibility index (Phi) is 3.73. The van der Waals surface area contributed by atoms with Crippen molar-refractivity contribution in [3.05, 3.63) is 49.3 Å². The van der Waals surface area contributed by atoms with Gasteiger partial charge in [0.05, 0.1) is 11.3 Å². The SMILES string of the molecule is Cc1c(Br)cc(Br)c2c1C(=Cc1cc3c(o1)CCCC3)C(=O)N2. The third-order valence-corrected chi connectivity index (χ3v) is 5.98. The molecule has 0 saturated heterocycles. The minimum absolute atomic E-state index is 0.0868. The van der Waals surface area contributed by atoms with Gasteiger partial charge < -0.3 is 9.73 Å². The minimum atomic E-state index is -0.0868. The van der Waals surface area contributed by atoms with Gasteiger partial charge in [0.15, 0.2) is 0 Å². The van der Waals surface area contributed by atoms with Crippen molar-refractivity contribution in [2.45, 2.75) is 32.6 Å². The molecule has 0 atom stereocenters. The summed E-state index contributed by atoms with van der Waals surface area (Å²) in [5.41, 5.74) is 4.76. The highest BCUT2D eigenvalue weighted by atomic mass is 79.9. The molecule has 1 amide bonds. The van der Waals surface area contributed by atoms with Gasteiger partial charge in [-0.1, -0.05) is 15.9 Å². The van der Waals surface area contributed by atoms with Gasteiger partial charge >= 0.3 is 0 Å². The normalized spacial score (nSPS) is 18.0. The number of anilines is 1. The van der Waals surface area contributed by atoms with Gasteiger partial charge in [0.25, 0.3) is 5.91 Å². The molecular weight excluding hydrogens is 422 g/mol.